The number of nitrogens with one attached hydrogen (secondary N) is 1. The molecule has 0 spiro atoms. The molecular formula is C21H29NO4. The molecule has 2 bridgehead atoms. The van der Waals surface area contributed by atoms with Crippen molar-refractivity contribution >= 4 is 12.0 Å². The van der Waals surface area contributed by atoms with E-state index in [-0.39, 0.29) is 11.9 Å². The van der Waals surface area contributed by atoms with E-state index < -0.39 is 0 Å². The molecule has 142 valence electrons. The number of carbonyl (C=O) groups excluding carboxylic acids is 1. The Morgan fingerprint density at radius 3 is 2.31 bits per heavy atom. The van der Waals surface area contributed by atoms with Gasteiger partial charge in [0.15, 0.2) is 11.5 Å². The molecule has 2 fully saturated rings. The summed E-state index contributed by atoms with van der Waals surface area (Å²) in [5.41, 5.74) is 0.822. The summed E-state index contributed by atoms with van der Waals surface area (Å²) in [6.45, 7) is 2.14. The third-order valence-electron chi connectivity index (χ3n) is 5.92. The zero-order chi connectivity index (χ0) is 18.7. The number of amides is 1. The van der Waals surface area contributed by atoms with Gasteiger partial charge in [0.05, 0.1) is 21.3 Å². The van der Waals surface area contributed by atoms with Gasteiger partial charge < -0.3 is 19.5 Å². The number of fused-ring (bicyclic) bond motifs is 2. The number of ether oxygens (including phenoxy) is 3. The fourth-order valence-corrected chi connectivity index (χ4v) is 4.66. The van der Waals surface area contributed by atoms with Crippen LogP contribution >= 0.6 is 0 Å². The first kappa shape index (κ1) is 18.6. The minimum absolute atomic E-state index is 0.0611. The van der Waals surface area contributed by atoms with Crippen LogP contribution in [0, 0.1) is 17.8 Å². The maximum Gasteiger partial charge on any atom is 0.244 e. The third-order valence-corrected chi connectivity index (χ3v) is 5.92. The third kappa shape index (κ3) is 3.81. The summed E-state index contributed by atoms with van der Waals surface area (Å²) in [7, 11) is 4.73. The second-order valence-electron chi connectivity index (χ2n) is 7.43. The number of carbonyl (C=O) groups is 1. The van der Waals surface area contributed by atoms with E-state index in [4.69, 9.17) is 14.2 Å². The van der Waals surface area contributed by atoms with Crippen molar-refractivity contribution < 1.29 is 19.0 Å². The minimum atomic E-state index is -0.0611. The first-order valence-electron chi connectivity index (χ1n) is 9.34. The first-order valence-corrected chi connectivity index (χ1v) is 9.34. The highest BCUT2D eigenvalue weighted by molar-refractivity contribution is 5.92. The maximum atomic E-state index is 12.3. The summed E-state index contributed by atoms with van der Waals surface area (Å²) >= 11 is 0. The largest absolute Gasteiger partial charge is 0.493 e. The van der Waals surface area contributed by atoms with E-state index in [0.29, 0.717) is 23.2 Å². The van der Waals surface area contributed by atoms with Crippen LogP contribution < -0.4 is 19.5 Å². The summed E-state index contributed by atoms with van der Waals surface area (Å²) in [4.78, 5) is 12.3. The molecule has 1 amide bonds. The molecule has 0 aliphatic heterocycles. The van der Waals surface area contributed by atoms with Crippen molar-refractivity contribution in [3.8, 4) is 17.2 Å². The second kappa shape index (κ2) is 8.02. The molecular weight excluding hydrogens is 330 g/mol. The Labute approximate surface area is 155 Å². The van der Waals surface area contributed by atoms with Crippen LogP contribution in [0.15, 0.2) is 18.2 Å². The average Bonchev–Trinajstić information content (AvgIpc) is 3.28. The van der Waals surface area contributed by atoms with Crippen LogP contribution in [-0.4, -0.2) is 33.3 Å². The lowest BCUT2D eigenvalue weighted by Gasteiger charge is -2.28. The predicted molar refractivity (Wildman–Crippen MR) is 102 cm³/mol. The van der Waals surface area contributed by atoms with Crippen LogP contribution in [0.4, 0.5) is 0 Å². The molecule has 5 nitrogen and oxygen atoms in total. The molecule has 0 heterocycles. The molecule has 1 aromatic rings. The van der Waals surface area contributed by atoms with E-state index in [1.165, 1.54) is 25.7 Å². The van der Waals surface area contributed by atoms with Crippen molar-refractivity contribution in [2.75, 3.05) is 21.3 Å². The quantitative estimate of drug-likeness (QED) is 0.755. The Hall–Kier alpha value is -2.17. The Bertz CT molecular complexity index is 660. The summed E-state index contributed by atoms with van der Waals surface area (Å²) in [6, 6.07) is 3.87. The Balaban J connectivity index is 1.64. The molecule has 1 N–H and O–H groups in total. The highest BCUT2D eigenvalue weighted by Crippen LogP contribution is 2.49. The van der Waals surface area contributed by atoms with Gasteiger partial charge >= 0.3 is 0 Å². The van der Waals surface area contributed by atoms with E-state index in [1.807, 2.05) is 12.1 Å². The van der Waals surface area contributed by atoms with Gasteiger partial charge in [-0.15, -0.1) is 0 Å². The number of benzene rings is 1. The van der Waals surface area contributed by atoms with Gasteiger partial charge in [0, 0.05) is 12.1 Å². The van der Waals surface area contributed by atoms with Gasteiger partial charge in [0.2, 0.25) is 11.7 Å². The van der Waals surface area contributed by atoms with Gasteiger partial charge in [0.25, 0.3) is 0 Å². The molecule has 1 aromatic carbocycles. The lowest BCUT2D eigenvalue weighted by atomic mass is 9.84. The topological polar surface area (TPSA) is 56.8 Å². The Morgan fingerprint density at radius 2 is 1.81 bits per heavy atom. The summed E-state index contributed by atoms with van der Waals surface area (Å²) < 4.78 is 16.0. The van der Waals surface area contributed by atoms with Gasteiger partial charge in [0.1, 0.15) is 0 Å². The van der Waals surface area contributed by atoms with E-state index in [2.05, 4.69) is 12.2 Å². The molecule has 2 aliphatic carbocycles. The van der Waals surface area contributed by atoms with Crippen LogP contribution in [0.3, 0.4) is 0 Å². The molecule has 0 aromatic heterocycles. The summed E-state index contributed by atoms with van der Waals surface area (Å²) in [6.07, 6.45) is 8.67. The first-order chi connectivity index (χ1) is 12.5. The Kier molecular flexibility index (Phi) is 5.74. The molecule has 0 radical (unpaired) electrons. The van der Waals surface area contributed by atoms with Gasteiger partial charge in [-0.1, -0.05) is 6.42 Å². The standard InChI is InChI=1S/C21H29NO4/c1-13(17-10-14-5-7-16(17)9-14)22-20(23)8-6-15-11-18(24-2)21(26-4)19(12-15)25-3/h6,8,11-14,16-17H,5,7,9-10H2,1-4H3,(H,22,23)/b8-6+. The fourth-order valence-electron chi connectivity index (χ4n) is 4.66. The number of hydrogen-bond acceptors (Lipinski definition) is 4. The average molecular weight is 359 g/mol. The van der Waals surface area contributed by atoms with E-state index in [9.17, 15) is 4.79 Å². The van der Waals surface area contributed by atoms with E-state index >= 15 is 0 Å². The van der Waals surface area contributed by atoms with Crippen LogP contribution in [0.1, 0.15) is 38.2 Å². The minimum Gasteiger partial charge on any atom is -0.493 e. The number of methoxy groups -OCH3 is 3. The predicted octanol–water partition coefficient (Wildman–Crippen LogP) is 3.67. The van der Waals surface area contributed by atoms with E-state index in [0.717, 1.165) is 17.4 Å². The van der Waals surface area contributed by atoms with E-state index in [1.54, 1.807) is 33.5 Å². The second-order valence-corrected chi connectivity index (χ2v) is 7.43. The van der Waals surface area contributed by atoms with Crippen molar-refractivity contribution in [2.24, 2.45) is 17.8 Å². The van der Waals surface area contributed by atoms with Crippen molar-refractivity contribution in [3.05, 3.63) is 23.8 Å². The van der Waals surface area contributed by atoms with Crippen LogP contribution in [0.2, 0.25) is 0 Å². The number of hydrogen-bond donors (Lipinski definition) is 1. The van der Waals surface area contributed by atoms with Crippen LogP contribution in [-0.2, 0) is 4.79 Å². The van der Waals surface area contributed by atoms with Crippen molar-refractivity contribution in [3.63, 3.8) is 0 Å². The van der Waals surface area contributed by atoms with Gasteiger partial charge in [-0.25, -0.2) is 0 Å². The molecule has 4 unspecified atom stereocenters. The van der Waals surface area contributed by atoms with Crippen LogP contribution in [0.25, 0.3) is 6.08 Å². The maximum absolute atomic E-state index is 12.3. The lowest BCUT2D eigenvalue weighted by Crippen LogP contribution is -2.39. The molecule has 5 heteroatoms. The zero-order valence-corrected chi connectivity index (χ0v) is 16.1. The van der Waals surface area contributed by atoms with Gasteiger partial charge in [-0.3, -0.25) is 4.79 Å². The smallest absolute Gasteiger partial charge is 0.244 e. The van der Waals surface area contributed by atoms with Crippen molar-refractivity contribution in [1.82, 2.24) is 5.32 Å². The molecule has 4 atom stereocenters. The normalized spacial score (nSPS) is 25.3. The van der Waals surface area contributed by atoms with Crippen molar-refractivity contribution in [2.45, 2.75) is 38.6 Å². The van der Waals surface area contributed by atoms with Crippen molar-refractivity contribution in [1.29, 1.82) is 0 Å². The molecule has 3 rings (SSSR count). The summed E-state index contributed by atoms with van der Waals surface area (Å²) in [5, 5.41) is 3.14. The molecule has 2 saturated carbocycles. The lowest BCUT2D eigenvalue weighted by molar-refractivity contribution is -0.117. The summed E-state index contributed by atoms with van der Waals surface area (Å²) in [5.74, 6) is 3.95. The monoisotopic (exact) mass is 359 g/mol. The SMILES string of the molecule is COc1cc(/C=C/C(=O)NC(C)C2CC3CCC2C3)cc(OC)c1OC. The molecule has 2 aliphatic rings. The highest BCUT2D eigenvalue weighted by atomic mass is 16.5. The Morgan fingerprint density at radius 1 is 1.12 bits per heavy atom. The zero-order valence-electron chi connectivity index (χ0n) is 16.1. The van der Waals surface area contributed by atoms with Crippen LogP contribution in [0.5, 0.6) is 17.2 Å². The molecule has 0 saturated heterocycles. The fraction of sp³-hybridized carbons (Fsp3) is 0.571. The highest BCUT2D eigenvalue weighted by Gasteiger charge is 2.41. The molecule has 26 heavy (non-hydrogen) atoms. The number of rotatable bonds is 7. The van der Waals surface area contributed by atoms with Gasteiger partial charge in [-0.05, 0) is 67.7 Å². The van der Waals surface area contributed by atoms with Gasteiger partial charge in [-0.2, -0.15) is 0 Å².